The van der Waals surface area contributed by atoms with E-state index in [2.05, 4.69) is 18.2 Å². The molecule has 2 aromatic rings. The minimum absolute atomic E-state index is 0.0705. The van der Waals surface area contributed by atoms with E-state index in [9.17, 15) is 0 Å². The second kappa shape index (κ2) is 7.34. The first-order chi connectivity index (χ1) is 11.9. The fourth-order valence-corrected chi connectivity index (χ4v) is 3.19. The van der Waals surface area contributed by atoms with Crippen molar-refractivity contribution < 1.29 is 18.9 Å². The molecule has 2 aliphatic heterocycles. The maximum atomic E-state index is 6.01. The third-order valence-corrected chi connectivity index (χ3v) is 4.43. The van der Waals surface area contributed by atoms with Crippen LogP contribution in [0.5, 0.6) is 5.75 Å². The third-order valence-electron chi connectivity index (χ3n) is 4.43. The maximum absolute atomic E-state index is 6.01. The molecule has 0 bridgehead atoms. The van der Waals surface area contributed by atoms with E-state index in [1.54, 1.807) is 0 Å². The molecule has 4 rings (SSSR count). The average Bonchev–Trinajstić information content (AvgIpc) is 3.04. The zero-order valence-electron chi connectivity index (χ0n) is 13.6. The van der Waals surface area contributed by atoms with E-state index in [-0.39, 0.29) is 18.7 Å². The van der Waals surface area contributed by atoms with Gasteiger partial charge in [0.1, 0.15) is 18.5 Å². The Morgan fingerprint density at radius 2 is 1.79 bits per heavy atom. The van der Waals surface area contributed by atoms with Gasteiger partial charge in [-0.2, -0.15) is 0 Å². The molecule has 2 saturated heterocycles. The fourth-order valence-electron chi connectivity index (χ4n) is 3.19. The summed E-state index contributed by atoms with van der Waals surface area (Å²) in [6.45, 7) is 1.31. The molecule has 0 saturated carbocycles. The Hall–Kier alpha value is -1.88. The first-order valence-corrected chi connectivity index (χ1v) is 8.55. The molecule has 4 heteroatoms. The predicted octanol–water partition coefficient (Wildman–Crippen LogP) is 3.69. The number of benzene rings is 2. The van der Waals surface area contributed by atoms with Crippen LogP contribution in [0.4, 0.5) is 0 Å². The van der Waals surface area contributed by atoms with Crippen molar-refractivity contribution in [2.24, 2.45) is 0 Å². The van der Waals surface area contributed by atoms with Crippen LogP contribution >= 0.6 is 0 Å². The van der Waals surface area contributed by atoms with Crippen LogP contribution in [0, 0.1) is 0 Å². The molecule has 126 valence electrons. The van der Waals surface area contributed by atoms with E-state index in [4.69, 9.17) is 18.9 Å². The zero-order chi connectivity index (χ0) is 16.2. The average molecular weight is 326 g/mol. The first kappa shape index (κ1) is 15.6. The van der Waals surface area contributed by atoms with Gasteiger partial charge in [-0.05, 0) is 30.0 Å². The molecule has 2 aliphatic rings. The Morgan fingerprint density at radius 3 is 2.67 bits per heavy atom. The Kier molecular flexibility index (Phi) is 4.78. The van der Waals surface area contributed by atoms with Crippen LogP contribution in [-0.2, 0) is 27.2 Å². The molecule has 0 amide bonds. The van der Waals surface area contributed by atoms with Crippen molar-refractivity contribution in [2.75, 3.05) is 6.61 Å². The summed E-state index contributed by atoms with van der Waals surface area (Å²) in [6.07, 6.45) is 2.31. The molecule has 2 fully saturated rings. The fraction of sp³-hybridized carbons (Fsp3) is 0.400. The molecule has 2 unspecified atom stereocenters. The van der Waals surface area contributed by atoms with E-state index in [1.807, 2.05) is 36.4 Å². The Labute approximate surface area is 142 Å². The van der Waals surface area contributed by atoms with Crippen LogP contribution in [0.25, 0.3) is 0 Å². The lowest BCUT2D eigenvalue weighted by Gasteiger charge is -2.21. The summed E-state index contributed by atoms with van der Waals surface area (Å²) in [6, 6.07) is 18.2. The first-order valence-electron chi connectivity index (χ1n) is 8.55. The lowest BCUT2D eigenvalue weighted by Crippen LogP contribution is -2.30. The van der Waals surface area contributed by atoms with E-state index >= 15 is 0 Å². The van der Waals surface area contributed by atoms with Crippen LogP contribution in [0.2, 0.25) is 0 Å². The molecule has 2 heterocycles. The summed E-state index contributed by atoms with van der Waals surface area (Å²) in [4.78, 5) is 0. The highest BCUT2D eigenvalue weighted by atomic mass is 16.8. The SMILES string of the molecule is c1ccc(COc2ccccc2CC2OC3CCCO[C@@H]3O2)cc1. The van der Waals surface area contributed by atoms with Gasteiger partial charge in [-0.1, -0.05) is 48.5 Å². The van der Waals surface area contributed by atoms with Crippen molar-refractivity contribution in [2.45, 2.75) is 44.6 Å². The van der Waals surface area contributed by atoms with Crippen molar-refractivity contribution in [3.8, 4) is 5.75 Å². The van der Waals surface area contributed by atoms with Gasteiger partial charge in [-0.3, -0.25) is 0 Å². The Morgan fingerprint density at radius 1 is 0.958 bits per heavy atom. The van der Waals surface area contributed by atoms with Gasteiger partial charge in [0.05, 0.1) is 0 Å². The van der Waals surface area contributed by atoms with E-state index in [0.717, 1.165) is 36.3 Å². The smallest absolute Gasteiger partial charge is 0.186 e. The topological polar surface area (TPSA) is 36.9 Å². The molecule has 0 aromatic heterocycles. The van der Waals surface area contributed by atoms with Gasteiger partial charge in [0.15, 0.2) is 12.6 Å². The number of hydrogen-bond acceptors (Lipinski definition) is 4. The maximum Gasteiger partial charge on any atom is 0.186 e. The van der Waals surface area contributed by atoms with Gasteiger partial charge in [0, 0.05) is 13.0 Å². The molecule has 24 heavy (non-hydrogen) atoms. The highest BCUT2D eigenvalue weighted by molar-refractivity contribution is 5.34. The lowest BCUT2D eigenvalue weighted by molar-refractivity contribution is -0.154. The Balaban J connectivity index is 1.40. The zero-order valence-corrected chi connectivity index (χ0v) is 13.6. The lowest BCUT2D eigenvalue weighted by atomic mass is 10.1. The number of rotatable bonds is 5. The second-order valence-corrected chi connectivity index (χ2v) is 6.21. The summed E-state index contributed by atoms with van der Waals surface area (Å²) >= 11 is 0. The predicted molar refractivity (Wildman–Crippen MR) is 89.6 cm³/mol. The summed E-state index contributed by atoms with van der Waals surface area (Å²) in [5.74, 6) is 0.879. The van der Waals surface area contributed by atoms with Crippen molar-refractivity contribution in [3.63, 3.8) is 0 Å². The molecule has 3 atom stereocenters. The molecule has 2 aromatic carbocycles. The van der Waals surface area contributed by atoms with Crippen molar-refractivity contribution in [1.29, 1.82) is 0 Å². The van der Waals surface area contributed by atoms with Crippen LogP contribution < -0.4 is 4.74 Å². The molecular formula is C20H22O4. The van der Waals surface area contributed by atoms with E-state index in [1.165, 1.54) is 0 Å². The quantitative estimate of drug-likeness (QED) is 0.840. The van der Waals surface area contributed by atoms with Crippen LogP contribution in [-0.4, -0.2) is 25.3 Å². The monoisotopic (exact) mass is 326 g/mol. The summed E-state index contributed by atoms with van der Waals surface area (Å²) in [5, 5.41) is 0. The standard InChI is InChI=1S/C20H22O4/c1-2-7-15(8-3-1)14-22-17-10-5-4-9-16(17)13-19-23-18-11-6-12-21-20(18)24-19/h1-5,7-10,18-20H,6,11-14H2/t18?,19?,20-/m1/s1. The third kappa shape index (κ3) is 3.61. The normalized spacial score (nSPS) is 26.1. The van der Waals surface area contributed by atoms with E-state index < -0.39 is 0 Å². The van der Waals surface area contributed by atoms with Crippen molar-refractivity contribution >= 4 is 0 Å². The molecule has 0 radical (unpaired) electrons. The van der Waals surface area contributed by atoms with Crippen LogP contribution in [0.15, 0.2) is 54.6 Å². The minimum atomic E-state index is -0.264. The molecule has 0 spiro atoms. The van der Waals surface area contributed by atoms with Crippen LogP contribution in [0.1, 0.15) is 24.0 Å². The highest BCUT2D eigenvalue weighted by Gasteiger charge is 2.38. The largest absolute Gasteiger partial charge is 0.489 e. The number of fused-ring (bicyclic) bond motifs is 1. The number of para-hydroxylation sites is 1. The molecular weight excluding hydrogens is 304 g/mol. The summed E-state index contributed by atoms with van der Waals surface area (Å²) in [5.41, 5.74) is 2.25. The van der Waals surface area contributed by atoms with Crippen molar-refractivity contribution in [3.05, 3.63) is 65.7 Å². The van der Waals surface area contributed by atoms with Crippen molar-refractivity contribution in [1.82, 2.24) is 0 Å². The number of hydrogen-bond donors (Lipinski definition) is 0. The highest BCUT2D eigenvalue weighted by Crippen LogP contribution is 2.31. The minimum Gasteiger partial charge on any atom is -0.489 e. The molecule has 4 nitrogen and oxygen atoms in total. The van der Waals surface area contributed by atoms with Gasteiger partial charge >= 0.3 is 0 Å². The van der Waals surface area contributed by atoms with E-state index in [0.29, 0.717) is 13.0 Å². The van der Waals surface area contributed by atoms with Gasteiger partial charge in [-0.15, -0.1) is 0 Å². The van der Waals surface area contributed by atoms with Gasteiger partial charge in [0.2, 0.25) is 0 Å². The second-order valence-electron chi connectivity index (χ2n) is 6.21. The summed E-state index contributed by atoms with van der Waals surface area (Å²) in [7, 11) is 0. The van der Waals surface area contributed by atoms with Gasteiger partial charge in [-0.25, -0.2) is 0 Å². The van der Waals surface area contributed by atoms with Gasteiger partial charge in [0.25, 0.3) is 0 Å². The summed E-state index contributed by atoms with van der Waals surface area (Å²) < 4.78 is 23.5. The van der Waals surface area contributed by atoms with Crippen LogP contribution in [0.3, 0.4) is 0 Å². The molecule has 0 N–H and O–H groups in total. The number of ether oxygens (including phenoxy) is 4. The van der Waals surface area contributed by atoms with Gasteiger partial charge < -0.3 is 18.9 Å². The Bertz CT molecular complexity index is 644. The molecule has 0 aliphatic carbocycles.